The standard InChI is InChI=1S/C15H23Cl2N3/c1-11(2)18-7-12-4-3-5-20(9-12)10-13-8-19-15(17)6-14(13)16/h6,8,11-12,18H,3-5,7,9-10H2,1-2H3. The van der Waals surface area contributed by atoms with Gasteiger partial charge in [-0.3, -0.25) is 4.90 Å². The van der Waals surface area contributed by atoms with Crippen molar-refractivity contribution in [3.63, 3.8) is 0 Å². The molecule has 0 aliphatic carbocycles. The van der Waals surface area contributed by atoms with Crippen LogP contribution in [0.4, 0.5) is 0 Å². The second-order valence-corrected chi connectivity index (χ2v) is 6.70. The van der Waals surface area contributed by atoms with Crippen LogP contribution >= 0.6 is 23.2 Å². The van der Waals surface area contributed by atoms with Gasteiger partial charge in [0.2, 0.25) is 0 Å². The van der Waals surface area contributed by atoms with Gasteiger partial charge < -0.3 is 5.32 Å². The van der Waals surface area contributed by atoms with Gasteiger partial charge in [0.15, 0.2) is 0 Å². The number of likely N-dealkylation sites (tertiary alicyclic amines) is 1. The number of rotatable bonds is 5. The van der Waals surface area contributed by atoms with Crippen LogP contribution in [-0.2, 0) is 6.54 Å². The maximum Gasteiger partial charge on any atom is 0.130 e. The van der Waals surface area contributed by atoms with Gasteiger partial charge in [-0.05, 0) is 37.9 Å². The summed E-state index contributed by atoms with van der Waals surface area (Å²) < 4.78 is 0. The minimum atomic E-state index is 0.455. The van der Waals surface area contributed by atoms with E-state index in [0.29, 0.717) is 16.2 Å². The molecule has 1 atom stereocenters. The average Bonchev–Trinajstić information content (AvgIpc) is 2.40. The van der Waals surface area contributed by atoms with Crippen LogP contribution in [0.1, 0.15) is 32.3 Å². The molecule has 1 unspecified atom stereocenters. The molecule has 2 rings (SSSR count). The zero-order valence-electron chi connectivity index (χ0n) is 12.2. The van der Waals surface area contributed by atoms with Crippen molar-refractivity contribution in [2.75, 3.05) is 19.6 Å². The minimum Gasteiger partial charge on any atom is -0.314 e. The third-order valence-electron chi connectivity index (χ3n) is 3.71. The van der Waals surface area contributed by atoms with Crippen molar-refractivity contribution in [3.05, 3.63) is 28.0 Å². The summed E-state index contributed by atoms with van der Waals surface area (Å²) in [6, 6.07) is 2.28. The monoisotopic (exact) mass is 315 g/mol. The van der Waals surface area contributed by atoms with Crippen molar-refractivity contribution in [1.82, 2.24) is 15.2 Å². The second-order valence-electron chi connectivity index (χ2n) is 5.90. The largest absolute Gasteiger partial charge is 0.314 e. The van der Waals surface area contributed by atoms with Crippen molar-refractivity contribution in [2.24, 2.45) is 5.92 Å². The summed E-state index contributed by atoms with van der Waals surface area (Å²) in [5.41, 5.74) is 1.06. The number of aromatic nitrogens is 1. The van der Waals surface area contributed by atoms with Crippen LogP contribution in [-0.4, -0.2) is 35.6 Å². The van der Waals surface area contributed by atoms with Gasteiger partial charge in [0, 0.05) is 35.9 Å². The van der Waals surface area contributed by atoms with E-state index in [0.717, 1.165) is 37.7 Å². The Kier molecular flexibility index (Phi) is 6.09. The van der Waals surface area contributed by atoms with Gasteiger partial charge in [0.25, 0.3) is 0 Å². The lowest BCUT2D eigenvalue weighted by Crippen LogP contribution is -2.40. The molecule has 5 heteroatoms. The molecule has 0 amide bonds. The average molecular weight is 316 g/mol. The van der Waals surface area contributed by atoms with Gasteiger partial charge in [-0.15, -0.1) is 0 Å². The Morgan fingerprint density at radius 3 is 2.95 bits per heavy atom. The summed E-state index contributed by atoms with van der Waals surface area (Å²) in [5.74, 6) is 0.727. The fourth-order valence-electron chi connectivity index (χ4n) is 2.66. The molecule has 1 aromatic rings. The van der Waals surface area contributed by atoms with E-state index in [1.165, 1.54) is 12.8 Å². The third kappa shape index (κ3) is 4.88. The number of hydrogen-bond acceptors (Lipinski definition) is 3. The van der Waals surface area contributed by atoms with Crippen LogP contribution in [0.15, 0.2) is 12.3 Å². The number of halogens is 2. The molecule has 0 bridgehead atoms. The van der Waals surface area contributed by atoms with Gasteiger partial charge in [-0.1, -0.05) is 37.0 Å². The van der Waals surface area contributed by atoms with Crippen LogP contribution in [0, 0.1) is 5.92 Å². The lowest BCUT2D eigenvalue weighted by atomic mass is 9.97. The summed E-state index contributed by atoms with van der Waals surface area (Å²) in [5, 5.41) is 4.71. The minimum absolute atomic E-state index is 0.455. The van der Waals surface area contributed by atoms with E-state index in [4.69, 9.17) is 23.2 Å². The summed E-state index contributed by atoms with van der Waals surface area (Å²) in [7, 11) is 0. The fourth-order valence-corrected chi connectivity index (χ4v) is 3.08. The van der Waals surface area contributed by atoms with Gasteiger partial charge in [0.05, 0.1) is 0 Å². The highest BCUT2D eigenvalue weighted by Gasteiger charge is 2.20. The summed E-state index contributed by atoms with van der Waals surface area (Å²) in [6.45, 7) is 8.61. The molecule has 1 aliphatic rings. The maximum absolute atomic E-state index is 6.22. The van der Waals surface area contributed by atoms with Gasteiger partial charge in [-0.25, -0.2) is 4.98 Å². The maximum atomic E-state index is 6.22. The SMILES string of the molecule is CC(C)NCC1CCCN(Cc2cnc(Cl)cc2Cl)C1. The predicted octanol–water partition coefficient (Wildman–Crippen LogP) is 3.60. The van der Waals surface area contributed by atoms with E-state index >= 15 is 0 Å². The zero-order chi connectivity index (χ0) is 14.5. The number of nitrogens with one attached hydrogen (secondary N) is 1. The molecule has 0 saturated carbocycles. The first kappa shape index (κ1) is 16.0. The molecule has 0 radical (unpaired) electrons. The summed E-state index contributed by atoms with van der Waals surface area (Å²) in [4.78, 5) is 6.59. The highest BCUT2D eigenvalue weighted by molar-refractivity contribution is 6.34. The molecule has 2 heterocycles. The number of nitrogens with zero attached hydrogens (tertiary/aromatic N) is 2. The highest BCUT2D eigenvalue weighted by Crippen LogP contribution is 2.23. The van der Waals surface area contributed by atoms with E-state index < -0.39 is 0 Å². The second kappa shape index (κ2) is 7.60. The quantitative estimate of drug-likeness (QED) is 0.841. The number of piperidine rings is 1. The Labute approximate surface area is 131 Å². The number of hydrogen-bond donors (Lipinski definition) is 1. The zero-order valence-corrected chi connectivity index (χ0v) is 13.7. The Balaban J connectivity index is 1.89. The molecule has 0 spiro atoms. The first-order valence-corrected chi connectivity index (χ1v) is 8.06. The van der Waals surface area contributed by atoms with E-state index in [1.807, 2.05) is 0 Å². The first-order valence-electron chi connectivity index (χ1n) is 7.30. The van der Waals surface area contributed by atoms with Gasteiger partial charge in [0.1, 0.15) is 5.15 Å². The molecule has 112 valence electrons. The molecular weight excluding hydrogens is 293 g/mol. The van der Waals surface area contributed by atoms with E-state index in [2.05, 4.69) is 29.0 Å². The highest BCUT2D eigenvalue weighted by atomic mass is 35.5. The van der Waals surface area contributed by atoms with Crippen molar-refractivity contribution < 1.29 is 0 Å². The lowest BCUT2D eigenvalue weighted by Gasteiger charge is -2.33. The Bertz CT molecular complexity index is 437. The van der Waals surface area contributed by atoms with Crippen LogP contribution in [0.3, 0.4) is 0 Å². The predicted molar refractivity (Wildman–Crippen MR) is 85.4 cm³/mol. The van der Waals surface area contributed by atoms with Crippen LogP contribution in [0.25, 0.3) is 0 Å². The van der Waals surface area contributed by atoms with Crippen LogP contribution in [0.5, 0.6) is 0 Å². The summed E-state index contributed by atoms with van der Waals surface area (Å²) in [6.07, 6.45) is 4.35. The summed E-state index contributed by atoms with van der Waals surface area (Å²) >= 11 is 12.1. The molecule has 0 aromatic carbocycles. The van der Waals surface area contributed by atoms with Gasteiger partial charge in [-0.2, -0.15) is 0 Å². The number of pyridine rings is 1. The molecule has 1 aliphatic heterocycles. The van der Waals surface area contributed by atoms with E-state index in [-0.39, 0.29) is 0 Å². The van der Waals surface area contributed by atoms with Crippen molar-refractivity contribution >= 4 is 23.2 Å². The van der Waals surface area contributed by atoms with Crippen LogP contribution in [0.2, 0.25) is 10.2 Å². The van der Waals surface area contributed by atoms with Crippen molar-refractivity contribution in [3.8, 4) is 0 Å². The topological polar surface area (TPSA) is 28.2 Å². The van der Waals surface area contributed by atoms with Crippen molar-refractivity contribution in [1.29, 1.82) is 0 Å². The van der Waals surface area contributed by atoms with Gasteiger partial charge >= 0.3 is 0 Å². The Hall–Kier alpha value is -0.350. The molecular formula is C15H23Cl2N3. The molecule has 3 nitrogen and oxygen atoms in total. The fraction of sp³-hybridized carbons (Fsp3) is 0.667. The lowest BCUT2D eigenvalue weighted by molar-refractivity contribution is 0.164. The smallest absolute Gasteiger partial charge is 0.130 e. The molecule has 20 heavy (non-hydrogen) atoms. The Morgan fingerprint density at radius 1 is 1.45 bits per heavy atom. The molecule has 1 fully saturated rings. The van der Waals surface area contributed by atoms with E-state index in [1.54, 1.807) is 12.3 Å². The molecule has 1 N–H and O–H groups in total. The Morgan fingerprint density at radius 2 is 2.25 bits per heavy atom. The molecule has 1 aromatic heterocycles. The molecule has 1 saturated heterocycles. The third-order valence-corrected chi connectivity index (χ3v) is 4.27. The van der Waals surface area contributed by atoms with Crippen molar-refractivity contribution in [2.45, 2.75) is 39.3 Å². The van der Waals surface area contributed by atoms with E-state index in [9.17, 15) is 0 Å². The normalized spacial score (nSPS) is 20.6. The first-order chi connectivity index (χ1) is 9.54. The van der Waals surface area contributed by atoms with Crippen LogP contribution < -0.4 is 5.32 Å².